The van der Waals surface area contributed by atoms with Gasteiger partial charge in [0.15, 0.2) is 0 Å². The summed E-state index contributed by atoms with van der Waals surface area (Å²) in [7, 11) is 0. The minimum absolute atomic E-state index is 0.0158. The Labute approximate surface area is 203 Å². The average molecular weight is 486 g/mol. The van der Waals surface area contributed by atoms with Crippen molar-refractivity contribution >= 4 is 11.3 Å². The predicted octanol–water partition coefficient (Wildman–Crippen LogP) is 4.19. The number of nitrogens with one attached hydrogen (secondary N) is 1. The molecule has 1 aromatic heterocycles. The molecule has 0 amide bonds. The molecule has 4 rings (SSSR count). The quantitative estimate of drug-likeness (QED) is 0.442. The normalized spacial score (nSPS) is 17.2. The van der Waals surface area contributed by atoms with Crippen molar-refractivity contribution in [2.45, 2.75) is 52.6 Å². The van der Waals surface area contributed by atoms with Crippen LogP contribution in [0.3, 0.4) is 0 Å². The number of hydrogen-bond acceptors (Lipinski definition) is 7. The predicted molar refractivity (Wildman–Crippen MR) is 132 cm³/mol. The molecular formula is C26H31NO6S. The third-order valence-electron chi connectivity index (χ3n) is 6.43. The first-order valence-electron chi connectivity index (χ1n) is 11.4. The van der Waals surface area contributed by atoms with Crippen LogP contribution in [0.5, 0.6) is 23.1 Å². The summed E-state index contributed by atoms with van der Waals surface area (Å²) in [5.74, 6) is 2.42. The van der Waals surface area contributed by atoms with Crippen molar-refractivity contribution in [3.05, 3.63) is 66.6 Å². The van der Waals surface area contributed by atoms with Gasteiger partial charge in [-0.25, -0.2) is 0 Å². The molecule has 0 saturated heterocycles. The Morgan fingerprint density at radius 1 is 1.12 bits per heavy atom. The highest BCUT2D eigenvalue weighted by Gasteiger charge is 2.35. The van der Waals surface area contributed by atoms with E-state index in [2.05, 4.69) is 11.9 Å². The van der Waals surface area contributed by atoms with E-state index in [1.807, 2.05) is 45.0 Å². The number of rotatable bonds is 8. The maximum atomic E-state index is 11.4. The van der Waals surface area contributed by atoms with E-state index >= 15 is 0 Å². The fourth-order valence-corrected chi connectivity index (χ4v) is 5.10. The smallest absolute Gasteiger partial charge is 0.307 e. The second kappa shape index (κ2) is 9.72. The average Bonchev–Trinajstić information content (AvgIpc) is 3.13. The molecular weight excluding hydrogens is 454 g/mol. The lowest BCUT2D eigenvalue weighted by atomic mass is 9.87. The molecule has 0 aliphatic carbocycles. The molecule has 0 saturated carbocycles. The van der Waals surface area contributed by atoms with Crippen molar-refractivity contribution in [3.8, 4) is 23.1 Å². The molecule has 7 nitrogen and oxygen atoms in total. The van der Waals surface area contributed by atoms with Crippen LogP contribution in [0.25, 0.3) is 0 Å². The summed E-state index contributed by atoms with van der Waals surface area (Å²) in [5, 5.41) is 18.9. The molecule has 182 valence electrons. The van der Waals surface area contributed by atoms with Gasteiger partial charge in [0.05, 0.1) is 11.5 Å². The number of aromatic hydroxyl groups is 1. The van der Waals surface area contributed by atoms with Gasteiger partial charge >= 0.3 is 4.87 Å². The first-order chi connectivity index (χ1) is 16.2. The van der Waals surface area contributed by atoms with Gasteiger partial charge in [-0.15, -0.1) is 0 Å². The lowest BCUT2D eigenvalue weighted by Gasteiger charge is -2.38. The van der Waals surface area contributed by atoms with Crippen molar-refractivity contribution in [1.29, 1.82) is 0 Å². The lowest BCUT2D eigenvalue weighted by Crippen LogP contribution is -2.42. The van der Waals surface area contributed by atoms with E-state index in [1.165, 1.54) is 0 Å². The van der Waals surface area contributed by atoms with Crippen LogP contribution >= 0.6 is 11.3 Å². The van der Waals surface area contributed by atoms with Crippen LogP contribution in [0.4, 0.5) is 0 Å². The molecule has 1 aliphatic rings. The number of aromatic nitrogens is 1. The monoisotopic (exact) mass is 485 g/mol. The molecule has 34 heavy (non-hydrogen) atoms. The van der Waals surface area contributed by atoms with Gasteiger partial charge in [0, 0.05) is 12.0 Å². The lowest BCUT2D eigenvalue weighted by molar-refractivity contribution is 0.0166. The van der Waals surface area contributed by atoms with Gasteiger partial charge in [-0.2, -0.15) is 0 Å². The molecule has 2 heterocycles. The van der Waals surface area contributed by atoms with Gasteiger partial charge in [0.25, 0.3) is 0 Å². The maximum Gasteiger partial charge on any atom is 0.307 e. The summed E-state index contributed by atoms with van der Waals surface area (Å²) in [6.07, 6.45) is 2.15. The third-order valence-corrected chi connectivity index (χ3v) is 7.31. The van der Waals surface area contributed by atoms with Crippen molar-refractivity contribution in [2.24, 2.45) is 0 Å². The second-order valence-electron chi connectivity index (χ2n) is 9.03. The van der Waals surface area contributed by atoms with Gasteiger partial charge < -0.3 is 24.4 Å². The zero-order valence-electron chi connectivity index (χ0n) is 20.0. The number of benzene rings is 2. The highest BCUT2D eigenvalue weighted by atomic mass is 32.1. The number of fused-ring (bicyclic) bond motifs is 1. The number of aliphatic hydroxyl groups excluding tert-OH is 1. The summed E-state index contributed by atoms with van der Waals surface area (Å²) >= 11 is 1.02. The molecule has 0 bridgehead atoms. The summed E-state index contributed by atoms with van der Waals surface area (Å²) in [6.45, 7) is 8.86. The third kappa shape index (κ3) is 4.93. The summed E-state index contributed by atoms with van der Waals surface area (Å²) in [4.78, 5) is 14.1. The molecule has 2 aromatic carbocycles. The summed E-state index contributed by atoms with van der Waals surface area (Å²) < 4.78 is 18.4. The van der Waals surface area contributed by atoms with E-state index in [4.69, 9.17) is 19.3 Å². The number of thiazole rings is 1. The standard InChI is InChI=1S/C26H31NO6S/c1-15-16(2)23-20(17(3)22(15)31-12-11-28)9-10-26(4,33-23)14-32-19-7-5-18(6-8-19)13-21-24(29)27-25(30)34-21/h5-8,28-29H,9-14H2,1-4H3,(H,27,30). The topological polar surface area (TPSA) is 101 Å². The van der Waals surface area contributed by atoms with Crippen molar-refractivity contribution in [3.63, 3.8) is 0 Å². The maximum absolute atomic E-state index is 11.4. The summed E-state index contributed by atoms with van der Waals surface area (Å²) in [5.41, 5.74) is 4.83. The van der Waals surface area contributed by atoms with Gasteiger partial charge in [-0.1, -0.05) is 23.5 Å². The van der Waals surface area contributed by atoms with Crippen molar-refractivity contribution < 1.29 is 24.4 Å². The largest absolute Gasteiger partial charge is 0.494 e. The molecule has 1 unspecified atom stereocenters. The van der Waals surface area contributed by atoms with E-state index in [-0.39, 0.29) is 24.0 Å². The fourth-order valence-electron chi connectivity index (χ4n) is 4.34. The Hall–Kier alpha value is -2.97. The number of hydrogen-bond donors (Lipinski definition) is 3. The van der Waals surface area contributed by atoms with Crippen LogP contribution in [-0.4, -0.2) is 40.6 Å². The van der Waals surface area contributed by atoms with E-state index in [0.717, 1.165) is 69.2 Å². The van der Waals surface area contributed by atoms with Crippen LogP contribution in [0.2, 0.25) is 0 Å². The molecule has 3 aromatic rings. The van der Waals surface area contributed by atoms with Crippen molar-refractivity contribution in [2.75, 3.05) is 19.8 Å². The number of aliphatic hydroxyl groups is 1. The number of aromatic amines is 1. The molecule has 8 heteroatoms. The Bertz CT molecular complexity index is 1230. The molecule has 0 radical (unpaired) electrons. The van der Waals surface area contributed by atoms with Crippen LogP contribution in [0, 0.1) is 20.8 Å². The van der Waals surface area contributed by atoms with E-state index in [0.29, 0.717) is 17.9 Å². The molecule has 1 atom stereocenters. The Balaban J connectivity index is 1.44. The fraction of sp³-hybridized carbons (Fsp3) is 0.423. The molecule has 0 spiro atoms. The first kappa shape index (κ1) is 24.2. The zero-order valence-corrected chi connectivity index (χ0v) is 20.8. The Morgan fingerprint density at radius 2 is 1.85 bits per heavy atom. The van der Waals surface area contributed by atoms with Gasteiger partial charge in [0.2, 0.25) is 5.88 Å². The van der Waals surface area contributed by atoms with Crippen LogP contribution in [0.15, 0.2) is 29.1 Å². The zero-order chi connectivity index (χ0) is 24.5. The Morgan fingerprint density at radius 3 is 2.50 bits per heavy atom. The Kier molecular flexibility index (Phi) is 6.91. The van der Waals surface area contributed by atoms with E-state index in [9.17, 15) is 9.90 Å². The highest BCUT2D eigenvalue weighted by Crippen LogP contribution is 2.43. The first-order valence-corrected chi connectivity index (χ1v) is 12.2. The highest BCUT2D eigenvalue weighted by molar-refractivity contribution is 7.09. The van der Waals surface area contributed by atoms with Crippen LogP contribution in [0.1, 0.15) is 46.0 Å². The van der Waals surface area contributed by atoms with Gasteiger partial charge in [-0.05, 0) is 74.9 Å². The number of H-pyrrole nitrogens is 1. The number of ether oxygens (including phenoxy) is 3. The van der Waals surface area contributed by atoms with Gasteiger partial charge in [-0.3, -0.25) is 9.78 Å². The van der Waals surface area contributed by atoms with Crippen molar-refractivity contribution in [1.82, 2.24) is 4.98 Å². The second-order valence-corrected chi connectivity index (χ2v) is 10.1. The molecule has 3 N–H and O–H groups in total. The minimum Gasteiger partial charge on any atom is -0.494 e. The van der Waals surface area contributed by atoms with E-state index < -0.39 is 5.60 Å². The van der Waals surface area contributed by atoms with Gasteiger partial charge in [0.1, 0.15) is 36.1 Å². The minimum atomic E-state index is -0.466. The molecule has 1 aliphatic heterocycles. The SMILES string of the molecule is Cc1c(C)c2c(c(C)c1OCCO)CCC(C)(COc1ccc(Cc3sc(=O)[nH]c3O)cc1)O2. The van der Waals surface area contributed by atoms with E-state index in [1.54, 1.807) is 0 Å². The van der Waals surface area contributed by atoms with Crippen LogP contribution in [-0.2, 0) is 12.8 Å². The summed E-state index contributed by atoms with van der Waals surface area (Å²) in [6, 6.07) is 7.66. The molecule has 0 fully saturated rings. The van der Waals surface area contributed by atoms with Crippen LogP contribution < -0.4 is 19.1 Å².